The molecule has 0 amide bonds. The molecule has 4 heterocycles. The number of rotatable bonds is 6. The molecule has 4 aromatic heterocycles. The molecule has 9 nitrogen and oxygen atoms in total. The lowest BCUT2D eigenvalue weighted by molar-refractivity contribution is -0.0715. The van der Waals surface area contributed by atoms with E-state index in [4.69, 9.17) is 30.5 Å². The van der Waals surface area contributed by atoms with Crippen molar-refractivity contribution in [2.24, 2.45) is 0 Å². The SMILES string of the molecule is COCC1(OC)CCc2c(sc3nc[nH]c(=O)c23)C1.COCC1(OC)CCc2c(sc3ncnc(Cl)c23)C1. The van der Waals surface area contributed by atoms with Crippen LogP contribution in [-0.2, 0) is 44.6 Å². The zero-order chi connectivity index (χ0) is 26.9. The van der Waals surface area contributed by atoms with Gasteiger partial charge in [-0.05, 0) is 36.8 Å². The van der Waals surface area contributed by atoms with Crippen molar-refractivity contribution in [2.75, 3.05) is 41.7 Å². The van der Waals surface area contributed by atoms with Gasteiger partial charge in [0.1, 0.15) is 21.1 Å². The molecule has 0 saturated heterocycles. The molecule has 204 valence electrons. The van der Waals surface area contributed by atoms with Gasteiger partial charge in [-0.25, -0.2) is 15.0 Å². The number of aromatic nitrogens is 4. The summed E-state index contributed by atoms with van der Waals surface area (Å²) in [5.41, 5.74) is 1.89. The minimum absolute atomic E-state index is 0.0424. The van der Waals surface area contributed by atoms with Gasteiger partial charge < -0.3 is 23.9 Å². The number of hydrogen-bond donors (Lipinski definition) is 1. The van der Waals surface area contributed by atoms with E-state index in [1.165, 1.54) is 28.0 Å². The van der Waals surface area contributed by atoms with Crippen molar-refractivity contribution in [1.29, 1.82) is 0 Å². The average Bonchev–Trinajstić information content (AvgIpc) is 3.47. The van der Waals surface area contributed by atoms with Crippen LogP contribution in [0.25, 0.3) is 20.4 Å². The summed E-state index contributed by atoms with van der Waals surface area (Å²) in [6, 6.07) is 0. The fourth-order valence-electron chi connectivity index (χ4n) is 5.56. The molecule has 38 heavy (non-hydrogen) atoms. The lowest BCUT2D eigenvalue weighted by Crippen LogP contribution is -2.41. The summed E-state index contributed by atoms with van der Waals surface area (Å²) >= 11 is 9.48. The third kappa shape index (κ3) is 5.01. The molecule has 6 rings (SSSR count). The van der Waals surface area contributed by atoms with Crippen LogP contribution in [-0.4, -0.2) is 72.8 Å². The monoisotopic (exact) mass is 578 g/mol. The highest BCUT2D eigenvalue weighted by Gasteiger charge is 2.38. The first-order valence-corrected chi connectivity index (χ1v) is 14.4. The maximum atomic E-state index is 11.9. The molecule has 0 radical (unpaired) electrons. The number of nitrogens with zero attached hydrogens (tertiary/aromatic N) is 3. The van der Waals surface area contributed by atoms with Crippen molar-refractivity contribution >= 4 is 54.7 Å². The van der Waals surface area contributed by atoms with Gasteiger partial charge in [0.25, 0.3) is 5.56 Å². The van der Waals surface area contributed by atoms with Crippen LogP contribution in [0.1, 0.15) is 33.7 Å². The Morgan fingerprint density at radius 1 is 0.868 bits per heavy atom. The number of ether oxygens (including phenoxy) is 4. The van der Waals surface area contributed by atoms with E-state index in [1.807, 2.05) is 0 Å². The number of fused-ring (bicyclic) bond motifs is 6. The molecule has 0 aromatic carbocycles. The van der Waals surface area contributed by atoms with Gasteiger partial charge in [-0.3, -0.25) is 4.79 Å². The molecule has 2 unspecified atom stereocenters. The van der Waals surface area contributed by atoms with Crippen molar-refractivity contribution in [3.8, 4) is 0 Å². The summed E-state index contributed by atoms with van der Waals surface area (Å²) in [7, 11) is 6.88. The molecule has 2 atom stereocenters. The topological polar surface area (TPSA) is 108 Å². The summed E-state index contributed by atoms with van der Waals surface area (Å²) in [5, 5.41) is 2.33. The Labute approximate surface area is 233 Å². The Morgan fingerprint density at radius 2 is 1.42 bits per heavy atom. The minimum atomic E-state index is -0.268. The van der Waals surface area contributed by atoms with Crippen LogP contribution in [0.2, 0.25) is 5.15 Å². The van der Waals surface area contributed by atoms with Crippen molar-refractivity contribution in [2.45, 2.75) is 49.7 Å². The fourth-order valence-corrected chi connectivity index (χ4v) is 8.50. The highest BCUT2D eigenvalue weighted by atomic mass is 35.5. The number of thiophene rings is 2. The second-order valence-electron chi connectivity index (χ2n) is 9.76. The second kappa shape index (κ2) is 11.2. The van der Waals surface area contributed by atoms with Crippen LogP contribution in [0.5, 0.6) is 0 Å². The van der Waals surface area contributed by atoms with Gasteiger partial charge in [0, 0.05) is 51.0 Å². The summed E-state index contributed by atoms with van der Waals surface area (Å²) in [4.78, 5) is 31.5. The van der Waals surface area contributed by atoms with E-state index in [9.17, 15) is 4.79 Å². The Kier molecular flexibility index (Phi) is 8.16. The molecule has 4 aromatic rings. The van der Waals surface area contributed by atoms with Crippen LogP contribution in [0.15, 0.2) is 17.4 Å². The molecule has 0 fully saturated rings. The highest BCUT2D eigenvalue weighted by molar-refractivity contribution is 7.19. The number of halogens is 1. The smallest absolute Gasteiger partial charge is 0.259 e. The molecule has 12 heteroatoms. The van der Waals surface area contributed by atoms with E-state index >= 15 is 0 Å². The zero-order valence-electron chi connectivity index (χ0n) is 21.9. The van der Waals surface area contributed by atoms with E-state index in [0.29, 0.717) is 18.4 Å². The van der Waals surface area contributed by atoms with E-state index in [2.05, 4.69) is 19.9 Å². The van der Waals surface area contributed by atoms with Gasteiger partial charge in [-0.2, -0.15) is 0 Å². The Balaban J connectivity index is 0.000000155. The van der Waals surface area contributed by atoms with E-state index in [1.54, 1.807) is 51.1 Å². The molecular formula is C26H31ClN4O5S2. The first kappa shape index (κ1) is 27.6. The molecule has 0 aliphatic heterocycles. The summed E-state index contributed by atoms with van der Waals surface area (Å²) in [6.07, 6.45) is 8.18. The number of aromatic amines is 1. The average molecular weight is 579 g/mol. The van der Waals surface area contributed by atoms with Gasteiger partial charge in [0.15, 0.2) is 0 Å². The third-order valence-electron chi connectivity index (χ3n) is 7.61. The van der Waals surface area contributed by atoms with Crippen LogP contribution >= 0.6 is 34.3 Å². The van der Waals surface area contributed by atoms with Crippen molar-refractivity contribution in [3.63, 3.8) is 0 Å². The van der Waals surface area contributed by atoms with Gasteiger partial charge in [0.2, 0.25) is 0 Å². The molecule has 2 aliphatic carbocycles. The molecular weight excluding hydrogens is 548 g/mol. The number of nitrogens with one attached hydrogen (secondary N) is 1. The molecule has 1 N–H and O–H groups in total. The number of methoxy groups -OCH3 is 4. The van der Waals surface area contributed by atoms with Crippen LogP contribution < -0.4 is 5.56 Å². The van der Waals surface area contributed by atoms with Gasteiger partial charge in [-0.1, -0.05) is 11.6 Å². The van der Waals surface area contributed by atoms with Crippen LogP contribution in [0.3, 0.4) is 0 Å². The lowest BCUT2D eigenvalue weighted by Gasteiger charge is -2.35. The third-order valence-corrected chi connectivity index (χ3v) is 10.2. The Bertz CT molecular complexity index is 1500. The number of hydrogen-bond acceptors (Lipinski definition) is 10. The fraction of sp³-hybridized carbons (Fsp3) is 0.538. The summed E-state index contributed by atoms with van der Waals surface area (Å²) < 4.78 is 22.0. The predicted molar refractivity (Wildman–Crippen MR) is 150 cm³/mol. The maximum absolute atomic E-state index is 11.9. The van der Waals surface area contributed by atoms with E-state index < -0.39 is 0 Å². The highest BCUT2D eigenvalue weighted by Crippen LogP contribution is 2.42. The van der Waals surface area contributed by atoms with Crippen molar-refractivity contribution in [1.82, 2.24) is 19.9 Å². The standard InChI is InChI=1S/C13H15ClN2O2S.C13H16N2O3S/c1-17-6-13(18-2)4-3-8-9(5-13)19-12-10(8)11(14)15-7-16-12;1-17-6-13(18-2)4-3-8-9(5-13)19-12-10(8)11(16)14-7-15-12/h7H,3-6H2,1-2H3;7H,3-6H2,1-2H3,(H,14,15,16). The van der Waals surface area contributed by atoms with Gasteiger partial charge in [0.05, 0.1) is 41.5 Å². The van der Waals surface area contributed by atoms with Crippen molar-refractivity contribution < 1.29 is 18.9 Å². The summed E-state index contributed by atoms with van der Waals surface area (Å²) in [5.74, 6) is 0. The predicted octanol–water partition coefficient (Wildman–Crippen LogP) is 4.37. The van der Waals surface area contributed by atoms with Gasteiger partial charge in [-0.15, -0.1) is 22.7 Å². The normalized spacial score (nSPS) is 22.7. The Hall–Kier alpha value is -1.99. The molecule has 0 saturated carbocycles. The zero-order valence-corrected chi connectivity index (χ0v) is 24.3. The summed E-state index contributed by atoms with van der Waals surface area (Å²) in [6.45, 7) is 1.18. The molecule has 0 bridgehead atoms. The first-order chi connectivity index (χ1) is 18.4. The maximum Gasteiger partial charge on any atom is 0.259 e. The number of H-pyrrole nitrogens is 1. The number of aryl methyl sites for hydroxylation is 2. The second-order valence-corrected chi connectivity index (χ2v) is 12.3. The first-order valence-electron chi connectivity index (χ1n) is 12.3. The quantitative estimate of drug-likeness (QED) is 0.336. The van der Waals surface area contributed by atoms with E-state index in [-0.39, 0.29) is 16.8 Å². The Morgan fingerprint density at radius 3 is 1.97 bits per heavy atom. The lowest BCUT2D eigenvalue weighted by atomic mass is 9.84. The largest absolute Gasteiger partial charge is 0.382 e. The molecule has 0 spiro atoms. The van der Waals surface area contributed by atoms with Crippen LogP contribution in [0, 0.1) is 0 Å². The molecule has 2 aliphatic rings. The van der Waals surface area contributed by atoms with E-state index in [0.717, 1.165) is 64.5 Å². The van der Waals surface area contributed by atoms with Gasteiger partial charge >= 0.3 is 0 Å². The minimum Gasteiger partial charge on any atom is -0.382 e. The van der Waals surface area contributed by atoms with Crippen LogP contribution in [0.4, 0.5) is 0 Å². The van der Waals surface area contributed by atoms with Crippen molar-refractivity contribution in [3.05, 3.63) is 49.0 Å².